The molecule has 0 aromatic carbocycles. The monoisotopic (exact) mass is 203 g/mol. The number of hydrogen-bond donors (Lipinski definition) is 1. The molecule has 0 aliphatic heterocycles. The third kappa shape index (κ3) is 3.95. The minimum Gasteiger partial charge on any atom is -0.397 e. The molecule has 1 aromatic heterocycles. The van der Waals surface area contributed by atoms with Crippen molar-refractivity contribution in [3.63, 3.8) is 0 Å². The summed E-state index contributed by atoms with van der Waals surface area (Å²) in [4.78, 5) is 6.44. The number of rotatable bonds is 6. The van der Waals surface area contributed by atoms with Gasteiger partial charge in [-0.05, 0) is 12.1 Å². The lowest BCUT2D eigenvalue weighted by Gasteiger charge is -2.17. The Morgan fingerprint density at radius 3 is 2.40 bits per heavy atom. The van der Waals surface area contributed by atoms with Crippen LogP contribution >= 0.6 is 0 Å². The zero-order valence-electron chi connectivity index (χ0n) is 8.89. The van der Waals surface area contributed by atoms with E-state index in [1.165, 1.54) is 0 Å². The average Bonchev–Trinajstić information content (AvgIpc) is 2.22. The van der Waals surface area contributed by atoms with Crippen LogP contribution in [-0.4, -0.2) is 23.0 Å². The van der Waals surface area contributed by atoms with E-state index in [0.717, 1.165) is 25.3 Å². The molecule has 0 amide bonds. The predicted octanol–water partition coefficient (Wildman–Crippen LogP) is 1.84. The number of nitrogens with zero attached hydrogens (tertiary/aromatic N) is 2. The Kier molecular flexibility index (Phi) is 4.57. The van der Waals surface area contributed by atoms with E-state index in [9.17, 15) is 0 Å². The van der Waals surface area contributed by atoms with Gasteiger partial charge in [0.2, 0.25) is 0 Å². The Balaban J connectivity index is 2.60. The first-order valence-corrected chi connectivity index (χ1v) is 4.91. The standard InChI is InChI=1S/C12H17N3/c1-3-7-15(8-4-2)10-12-6-5-11(13)9-14-12/h3-6,9H,1-2,7-8,10,13H2. The van der Waals surface area contributed by atoms with Crippen molar-refractivity contribution in [3.8, 4) is 0 Å². The van der Waals surface area contributed by atoms with E-state index < -0.39 is 0 Å². The summed E-state index contributed by atoms with van der Waals surface area (Å²) in [7, 11) is 0. The molecule has 0 radical (unpaired) electrons. The van der Waals surface area contributed by atoms with Crippen LogP contribution in [0.3, 0.4) is 0 Å². The third-order valence-corrected chi connectivity index (χ3v) is 2.01. The van der Waals surface area contributed by atoms with Crippen LogP contribution in [0.1, 0.15) is 5.69 Å². The highest BCUT2D eigenvalue weighted by Crippen LogP contribution is 2.04. The molecule has 0 fully saturated rings. The van der Waals surface area contributed by atoms with Crippen LogP contribution in [0.15, 0.2) is 43.6 Å². The number of anilines is 1. The molecule has 1 rings (SSSR count). The Hall–Kier alpha value is -1.61. The molecular formula is C12H17N3. The van der Waals surface area contributed by atoms with Crippen LogP contribution in [0.25, 0.3) is 0 Å². The van der Waals surface area contributed by atoms with Crippen molar-refractivity contribution < 1.29 is 0 Å². The van der Waals surface area contributed by atoms with E-state index in [2.05, 4.69) is 23.0 Å². The normalized spacial score (nSPS) is 10.2. The molecular weight excluding hydrogens is 186 g/mol. The van der Waals surface area contributed by atoms with Crippen LogP contribution in [0.2, 0.25) is 0 Å². The highest BCUT2D eigenvalue weighted by Gasteiger charge is 2.02. The van der Waals surface area contributed by atoms with Gasteiger partial charge in [-0.2, -0.15) is 0 Å². The first-order chi connectivity index (χ1) is 7.26. The third-order valence-electron chi connectivity index (χ3n) is 2.01. The molecule has 0 spiro atoms. The van der Waals surface area contributed by atoms with E-state index in [-0.39, 0.29) is 0 Å². The fraction of sp³-hybridized carbons (Fsp3) is 0.250. The van der Waals surface area contributed by atoms with Crippen molar-refractivity contribution >= 4 is 5.69 Å². The molecule has 0 atom stereocenters. The maximum absolute atomic E-state index is 5.57. The molecule has 80 valence electrons. The molecule has 3 nitrogen and oxygen atoms in total. The van der Waals surface area contributed by atoms with Crippen molar-refractivity contribution in [3.05, 3.63) is 49.3 Å². The topological polar surface area (TPSA) is 42.1 Å². The number of aromatic nitrogens is 1. The zero-order valence-corrected chi connectivity index (χ0v) is 8.89. The van der Waals surface area contributed by atoms with Crippen molar-refractivity contribution in [2.24, 2.45) is 0 Å². The molecule has 0 aliphatic carbocycles. The van der Waals surface area contributed by atoms with Crippen LogP contribution in [0, 0.1) is 0 Å². The fourth-order valence-electron chi connectivity index (χ4n) is 1.33. The highest BCUT2D eigenvalue weighted by molar-refractivity contribution is 5.34. The van der Waals surface area contributed by atoms with E-state index in [1.54, 1.807) is 6.20 Å². The quantitative estimate of drug-likeness (QED) is 0.717. The second-order valence-corrected chi connectivity index (χ2v) is 3.35. The molecule has 0 unspecified atom stereocenters. The van der Waals surface area contributed by atoms with Crippen molar-refractivity contribution in [1.82, 2.24) is 9.88 Å². The highest BCUT2D eigenvalue weighted by atomic mass is 15.1. The molecule has 15 heavy (non-hydrogen) atoms. The molecule has 0 saturated carbocycles. The summed E-state index contributed by atoms with van der Waals surface area (Å²) in [6.45, 7) is 9.90. The Bertz CT molecular complexity index is 306. The van der Waals surface area contributed by atoms with Gasteiger partial charge in [0, 0.05) is 19.6 Å². The van der Waals surface area contributed by atoms with E-state index >= 15 is 0 Å². The minimum atomic E-state index is 0.692. The van der Waals surface area contributed by atoms with Gasteiger partial charge in [-0.3, -0.25) is 9.88 Å². The number of pyridine rings is 1. The average molecular weight is 203 g/mol. The van der Waals surface area contributed by atoms with Gasteiger partial charge in [0.05, 0.1) is 17.6 Å². The van der Waals surface area contributed by atoms with Crippen molar-refractivity contribution in [2.45, 2.75) is 6.54 Å². The smallest absolute Gasteiger partial charge is 0.0545 e. The SMILES string of the molecule is C=CCN(CC=C)Cc1ccc(N)cn1. The van der Waals surface area contributed by atoms with Gasteiger partial charge < -0.3 is 5.73 Å². The summed E-state index contributed by atoms with van der Waals surface area (Å²) < 4.78 is 0. The summed E-state index contributed by atoms with van der Waals surface area (Å²) >= 11 is 0. The lowest BCUT2D eigenvalue weighted by molar-refractivity contribution is 0.323. The van der Waals surface area contributed by atoms with Crippen LogP contribution in [0.5, 0.6) is 0 Å². The Morgan fingerprint density at radius 2 is 1.93 bits per heavy atom. The first kappa shape index (κ1) is 11.5. The number of hydrogen-bond acceptors (Lipinski definition) is 3. The lowest BCUT2D eigenvalue weighted by atomic mass is 10.3. The van der Waals surface area contributed by atoms with Crippen molar-refractivity contribution in [1.29, 1.82) is 0 Å². The summed E-state index contributed by atoms with van der Waals surface area (Å²) in [6, 6.07) is 3.80. The predicted molar refractivity (Wildman–Crippen MR) is 64.3 cm³/mol. The molecule has 1 aromatic rings. The Labute approximate surface area is 90.9 Å². The summed E-state index contributed by atoms with van der Waals surface area (Å²) in [5.41, 5.74) is 7.27. The molecule has 2 N–H and O–H groups in total. The van der Waals surface area contributed by atoms with Gasteiger partial charge >= 0.3 is 0 Å². The lowest BCUT2D eigenvalue weighted by Crippen LogP contribution is -2.23. The Morgan fingerprint density at radius 1 is 1.27 bits per heavy atom. The van der Waals surface area contributed by atoms with Gasteiger partial charge in [0.25, 0.3) is 0 Å². The summed E-state index contributed by atoms with van der Waals surface area (Å²) in [5, 5.41) is 0. The molecule has 1 heterocycles. The second-order valence-electron chi connectivity index (χ2n) is 3.35. The molecule has 0 saturated heterocycles. The first-order valence-electron chi connectivity index (χ1n) is 4.91. The van der Waals surface area contributed by atoms with Gasteiger partial charge in [-0.15, -0.1) is 13.2 Å². The molecule has 3 heteroatoms. The van der Waals surface area contributed by atoms with Crippen LogP contribution < -0.4 is 5.73 Å². The minimum absolute atomic E-state index is 0.692. The van der Waals surface area contributed by atoms with Crippen molar-refractivity contribution in [2.75, 3.05) is 18.8 Å². The van der Waals surface area contributed by atoms with Gasteiger partial charge in [0.1, 0.15) is 0 Å². The number of nitrogens with two attached hydrogens (primary N) is 1. The maximum atomic E-state index is 5.57. The fourth-order valence-corrected chi connectivity index (χ4v) is 1.33. The maximum Gasteiger partial charge on any atom is 0.0545 e. The van der Waals surface area contributed by atoms with Crippen LogP contribution in [0.4, 0.5) is 5.69 Å². The van der Waals surface area contributed by atoms with Gasteiger partial charge in [-0.1, -0.05) is 12.2 Å². The second kappa shape index (κ2) is 5.98. The van der Waals surface area contributed by atoms with Crippen LogP contribution in [-0.2, 0) is 6.54 Å². The number of nitrogen functional groups attached to an aromatic ring is 1. The van der Waals surface area contributed by atoms with Gasteiger partial charge in [-0.25, -0.2) is 0 Å². The largest absolute Gasteiger partial charge is 0.397 e. The molecule has 0 bridgehead atoms. The van der Waals surface area contributed by atoms with E-state index in [0.29, 0.717) is 5.69 Å². The van der Waals surface area contributed by atoms with E-state index in [4.69, 9.17) is 5.73 Å². The summed E-state index contributed by atoms with van der Waals surface area (Å²) in [6.07, 6.45) is 5.43. The van der Waals surface area contributed by atoms with Gasteiger partial charge in [0.15, 0.2) is 0 Å². The summed E-state index contributed by atoms with van der Waals surface area (Å²) in [5.74, 6) is 0. The zero-order chi connectivity index (χ0) is 11.1. The van der Waals surface area contributed by atoms with E-state index in [1.807, 2.05) is 24.3 Å². The molecule has 0 aliphatic rings.